The number of halogens is 1. The number of methoxy groups -OCH3 is 1. The Kier molecular flexibility index (Phi) is 5.67. The molecule has 0 aromatic carbocycles. The molecular weight excluding hydrogens is 364 g/mol. The fourth-order valence-electron chi connectivity index (χ4n) is 2.62. The molecule has 1 aliphatic rings. The first-order chi connectivity index (χ1) is 12.0. The molecule has 1 saturated heterocycles. The predicted octanol–water partition coefficient (Wildman–Crippen LogP) is 2.27. The third-order valence-corrected chi connectivity index (χ3v) is 4.55. The molecule has 0 saturated carbocycles. The van der Waals surface area contributed by atoms with E-state index in [1.165, 1.54) is 19.2 Å². The molecule has 0 aliphatic carbocycles. The van der Waals surface area contributed by atoms with E-state index in [0.29, 0.717) is 0 Å². The van der Waals surface area contributed by atoms with Gasteiger partial charge in [0.2, 0.25) is 5.88 Å². The van der Waals surface area contributed by atoms with Gasteiger partial charge in [-0.2, -0.15) is 0 Å². The molecule has 8 nitrogen and oxygen atoms in total. The summed E-state index contributed by atoms with van der Waals surface area (Å²) in [6.45, 7) is 4.93. The summed E-state index contributed by atoms with van der Waals surface area (Å²) < 4.78 is 10.6. The zero-order valence-electron chi connectivity index (χ0n) is 15.2. The summed E-state index contributed by atoms with van der Waals surface area (Å²) in [4.78, 5) is 29.0. The average Bonchev–Trinajstić information content (AvgIpc) is 2.56. The van der Waals surface area contributed by atoms with Crippen LogP contribution >= 0.6 is 11.6 Å². The van der Waals surface area contributed by atoms with E-state index in [9.17, 15) is 19.8 Å². The molecule has 9 heteroatoms. The zero-order valence-corrected chi connectivity index (χ0v) is 15.9. The number of hydrogen-bond acceptors (Lipinski definition) is 6. The molecule has 144 valence electrons. The number of likely N-dealkylation sites (tertiary alicyclic amines) is 1. The SMILES string of the molecule is COc1nc([C@@]2(O)CCN(C(=O)O)C[C@@H]2OC(=O)C(C)(C)C)ccc1Cl. The number of piperidine rings is 1. The Morgan fingerprint density at radius 1 is 1.38 bits per heavy atom. The molecule has 2 rings (SSSR count). The summed E-state index contributed by atoms with van der Waals surface area (Å²) in [5, 5.41) is 20.8. The maximum Gasteiger partial charge on any atom is 0.407 e. The number of pyridine rings is 1. The Labute approximate surface area is 156 Å². The Morgan fingerprint density at radius 3 is 2.58 bits per heavy atom. The van der Waals surface area contributed by atoms with Gasteiger partial charge in [-0.05, 0) is 32.9 Å². The number of esters is 1. The fraction of sp³-hybridized carbons (Fsp3) is 0.588. The number of rotatable bonds is 3. The van der Waals surface area contributed by atoms with E-state index >= 15 is 0 Å². The van der Waals surface area contributed by atoms with Crippen molar-refractivity contribution in [3.8, 4) is 5.88 Å². The molecule has 1 aromatic heterocycles. The van der Waals surface area contributed by atoms with E-state index in [0.717, 1.165) is 4.90 Å². The lowest BCUT2D eigenvalue weighted by atomic mass is 9.84. The molecule has 2 atom stereocenters. The van der Waals surface area contributed by atoms with Crippen LogP contribution in [0, 0.1) is 5.41 Å². The molecule has 1 fully saturated rings. The number of hydrogen-bond donors (Lipinski definition) is 2. The van der Waals surface area contributed by atoms with Gasteiger partial charge >= 0.3 is 12.1 Å². The zero-order chi connectivity index (χ0) is 19.7. The van der Waals surface area contributed by atoms with E-state index in [1.54, 1.807) is 20.8 Å². The van der Waals surface area contributed by atoms with Gasteiger partial charge in [0.1, 0.15) is 10.6 Å². The van der Waals surface area contributed by atoms with Crippen molar-refractivity contribution in [1.82, 2.24) is 9.88 Å². The van der Waals surface area contributed by atoms with E-state index in [4.69, 9.17) is 21.1 Å². The third-order valence-electron chi connectivity index (χ3n) is 4.26. The number of aliphatic hydroxyl groups is 1. The lowest BCUT2D eigenvalue weighted by Crippen LogP contribution is -2.57. The largest absolute Gasteiger partial charge is 0.480 e. The minimum absolute atomic E-state index is 0.0131. The van der Waals surface area contributed by atoms with Gasteiger partial charge in [-0.15, -0.1) is 0 Å². The van der Waals surface area contributed by atoms with Crippen LogP contribution in [-0.2, 0) is 15.1 Å². The highest BCUT2D eigenvalue weighted by Gasteiger charge is 2.48. The predicted molar refractivity (Wildman–Crippen MR) is 93.2 cm³/mol. The standard InChI is InChI=1S/C17H23ClN2O6/c1-16(2,3)14(21)26-12-9-20(15(22)23)8-7-17(12,24)11-6-5-10(18)13(19-11)25-4/h5-6,12,24H,7-9H2,1-4H3,(H,22,23)/t12-,17-/m0/s1. The Balaban J connectivity index is 2.41. The van der Waals surface area contributed by atoms with Gasteiger partial charge < -0.3 is 24.6 Å². The van der Waals surface area contributed by atoms with Gasteiger partial charge in [-0.25, -0.2) is 9.78 Å². The Bertz CT molecular complexity index is 705. The number of ether oxygens (including phenoxy) is 2. The number of amides is 1. The average molecular weight is 387 g/mol. The van der Waals surface area contributed by atoms with Gasteiger partial charge in [-0.1, -0.05) is 11.6 Å². The Morgan fingerprint density at radius 2 is 2.04 bits per heavy atom. The Hall–Kier alpha value is -2.06. The van der Waals surface area contributed by atoms with Crippen LogP contribution in [0.1, 0.15) is 32.9 Å². The minimum Gasteiger partial charge on any atom is -0.480 e. The van der Waals surface area contributed by atoms with Gasteiger partial charge in [0.05, 0.1) is 24.8 Å². The number of carbonyl (C=O) groups is 2. The van der Waals surface area contributed by atoms with Crippen molar-refractivity contribution in [2.45, 2.75) is 38.9 Å². The van der Waals surface area contributed by atoms with Crippen LogP contribution < -0.4 is 4.74 Å². The van der Waals surface area contributed by atoms with Crippen LogP contribution in [0.15, 0.2) is 12.1 Å². The van der Waals surface area contributed by atoms with Crippen molar-refractivity contribution < 1.29 is 29.3 Å². The fourth-order valence-corrected chi connectivity index (χ4v) is 2.81. The summed E-state index contributed by atoms with van der Waals surface area (Å²) in [6, 6.07) is 3.03. The number of nitrogens with zero attached hydrogens (tertiary/aromatic N) is 2. The topological polar surface area (TPSA) is 109 Å². The first kappa shape index (κ1) is 20.3. The first-order valence-corrected chi connectivity index (χ1v) is 8.49. The lowest BCUT2D eigenvalue weighted by Gasteiger charge is -2.43. The second-order valence-corrected chi connectivity index (χ2v) is 7.64. The summed E-state index contributed by atoms with van der Waals surface area (Å²) in [6.07, 6.45) is -2.25. The molecule has 0 spiro atoms. The van der Waals surface area contributed by atoms with Crippen molar-refractivity contribution >= 4 is 23.7 Å². The molecule has 2 N–H and O–H groups in total. The molecule has 0 unspecified atom stereocenters. The van der Waals surface area contributed by atoms with Crippen LogP contribution in [0.25, 0.3) is 0 Å². The second kappa shape index (κ2) is 7.28. The highest BCUT2D eigenvalue weighted by atomic mass is 35.5. The number of carboxylic acid groups (broad SMARTS) is 1. The minimum atomic E-state index is -1.66. The van der Waals surface area contributed by atoms with Gasteiger partial charge in [0, 0.05) is 13.0 Å². The van der Waals surface area contributed by atoms with E-state index < -0.39 is 29.2 Å². The van der Waals surface area contributed by atoms with Crippen LogP contribution in [0.4, 0.5) is 4.79 Å². The third kappa shape index (κ3) is 4.02. The van der Waals surface area contributed by atoms with Crippen molar-refractivity contribution in [2.24, 2.45) is 5.41 Å². The molecule has 1 aromatic rings. The van der Waals surface area contributed by atoms with E-state index in [-0.39, 0.29) is 36.1 Å². The van der Waals surface area contributed by atoms with E-state index in [2.05, 4.69) is 4.98 Å². The van der Waals surface area contributed by atoms with Crippen LogP contribution in [0.5, 0.6) is 5.88 Å². The normalized spacial score (nSPS) is 23.5. The van der Waals surface area contributed by atoms with E-state index in [1.807, 2.05) is 0 Å². The van der Waals surface area contributed by atoms with Crippen molar-refractivity contribution in [3.05, 3.63) is 22.8 Å². The van der Waals surface area contributed by atoms with Crippen molar-refractivity contribution in [1.29, 1.82) is 0 Å². The quantitative estimate of drug-likeness (QED) is 0.767. The molecule has 1 aliphatic heterocycles. The number of carbonyl (C=O) groups excluding carboxylic acids is 1. The number of aromatic nitrogens is 1. The second-order valence-electron chi connectivity index (χ2n) is 7.23. The molecule has 0 radical (unpaired) electrons. The summed E-state index contributed by atoms with van der Waals surface area (Å²) in [7, 11) is 1.40. The van der Waals surface area contributed by atoms with Crippen molar-refractivity contribution in [3.63, 3.8) is 0 Å². The van der Waals surface area contributed by atoms with Crippen LogP contribution in [-0.4, -0.2) is 58.5 Å². The first-order valence-electron chi connectivity index (χ1n) is 8.11. The molecule has 0 bridgehead atoms. The lowest BCUT2D eigenvalue weighted by molar-refractivity contribution is -0.186. The summed E-state index contributed by atoms with van der Waals surface area (Å²) >= 11 is 5.99. The van der Waals surface area contributed by atoms with Gasteiger partial charge in [0.25, 0.3) is 0 Å². The summed E-state index contributed by atoms with van der Waals surface area (Å²) in [5.74, 6) is -0.423. The molecular formula is C17H23ClN2O6. The van der Waals surface area contributed by atoms with Gasteiger partial charge in [-0.3, -0.25) is 4.79 Å². The summed E-state index contributed by atoms with van der Waals surface area (Å²) in [5.41, 5.74) is -2.27. The van der Waals surface area contributed by atoms with Crippen LogP contribution in [0.2, 0.25) is 5.02 Å². The van der Waals surface area contributed by atoms with Gasteiger partial charge in [0.15, 0.2) is 6.10 Å². The maximum absolute atomic E-state index is 12.3. The molecule has 2 heterocycles. The highest BCUT2D eigenvalue weighted by Crippen LogP contribution is 2.37. The smallest absolute Gasteiger partial charge is 0.407 e. The highest BCUT2D eigenvalue weighted by molar-refractivity contribution is 6.31. The van der Waals surface area contributed by atoms with Crippen LogP contribution in [0.3, 0.4) is 0 Å². The molecule has 1 amide bonds. The molecule has 26 heavy (non-hydrogen) atoms. The monoisotopic (exact) mass is 386 g/mol. The van der Waals surface area contributed by atoms with Crippen molar-refractivity contribution in [2.75, 3.05) is 20.2 Å². The maximum atomic E-state index is 12.3.